The van der Waals surface area contributed by atoms with E-state index in [1.54, 1.807) is 36.3 Å². The topological polar surface area (TPSA) is 85.3 Å². The fraction of sp³-hybridized carbons (Fsp3) is 0.529. The van der Waals surface area contributed by atoms with Crippen molar-refractivity contribution in [2.45, 2.75) is 6.42 Å². The largest absolute Gasteiger partial charge is 0.497 e. The average Bonchev–Trinajstić information content (AvgIpc) is 2.69. The Morgan fingerprint density at radius 2 is 1.88 bits per heavy atom. The molecular weight excluding hydrogens is 356 g/mol. The van der Waals surface area contributed by atoms with E-state index in [1.807, 2.05) is 0 Å². The Bertz CT molecular complexity index is 564. The second-order valence-electron chi connectivity index (χ2n) is 5.86. The van der Waals surface area contributed by atoms with Crippen molar-refractivity contribution in [1.29, 1.82) is 0 Å². The molecule has 1 amide bonds. The van der Waals surface area contributed by atoms with Gasteiger partial charge in [-0.2, -0.15) is 0 Å². The van der Waals surface area contributed by atoms with Crippen LogP contribution in [0.4, 0.5) is 0 Å². The van der Waals surface area contributed by atoms with Crippen LogP contribution in [-0.2, 0) is 9.53 Å². The van der Waals surface area contributed by atoms with Gasteiger partial charge in [-0.05, 0) is 36.5 Å². The summed E-state index contributed by atoms with van der Waals surface area (Å²) in [7, 11) is 1.59. The van der Waals surface area contributed by atoms with Crippen molar-refractivity contribution in [2.24, 2.45) is 0 Å². The number of carbonyl (C=O) groups is 1. The van der Waals surface area contributed by atoms with Crippen molar-refractivity contribution >= 4 is 23.2 Å². The number of nitrogens with one attached hydrogen (secondary N) is 4. The van der Waals surface area contributed by atoms with Gasteiger partial charge in [0.25, 0.3) is 5.91 Å². The summed E-state index contributed by atoms with van der Waals surface area (Å²) >= 11 is 5.13. The van der Waals surface area contributed by atoms with E-state index in [-0.39, 0.29) is 12.5 Å². The molecule has 8 nitrogen and oxygen atoms in total. The molecule has 9 heteroatoms. The van der Waals surface area contributed by atoms with Crippen LogP contribution in [0, 0.1) is 0 Å². The second-order valence-corrected chi connectivity index (χ2v) is 6.27. The first-order valence-corrected chi connectivity index (χ1v) is 9.09. The average molecular weight is 383 g/mol. The monoisotopic (exact) mass is 383 g/mol. The molecule has 1 aliphatic rings. The minimum Gasteiger partial charge on any atom is -0.497 e. The molecule has 0 saturated carbocycles. The zero-order chi connectivity index (χ0) is 18.6. The summed E-state index contributed by atoms with van der Waals surface area (Å²) in [6.07, 6.45) is 1.01. The maximum atomic E-state index is 11.8. The molecule has 1 saturated heterocycles. The number of ether oxygens (including phenoxy) is 3. The van der Waals surface area contributed by atoms with E-state index in [1.165, 1.54) is 0 Å². The van der Waals surface area contributed by atoms with E-state index in [9.17, 15) is 4.79 Å². The van der Waals surface area contributed by atoms with Gasteiger partial charge in [-0.25, -0.2) is 0 Å². The highest BCUT2D eigenvalue weighted by Gasteiger charge is 2.12. The number of hydrazine groups is 1. The van der Waals surface area contributed by atoms with Crippen LogP contribution in [0.1, 0.15) is 6.42 Å². The van der Waals surface area contributed by atoms with Gasteiger partial charge in [0.2, 0.25) is 0 Å². The fourth-order valence-corrected chi connectivity index (χ4v) is 2.63. The highest BCUT2D eigenvalue weighted by Crippen LogP contribution is 2.16. The summed E-state index contributed by atoms with van der Waals surface area (Å²) in [4.78, 5) is 13.3. The van der Waals surface area contributed by atoms with E-state index in [0.29, 0.717) is 10.9 Å². The molecule has 2 rings (SSSR count). The molecule has 0 atom stereocenters. The number of rotatable bonds is 8. The molecule has 1 heterocycles. The van der Waals surface area contributed by atoms with Crippen LogP contribution < -0.4 is 30.5 Å². The predicted molar refractivity (Wildman–Crippen MR) is 101 cm³/mol. The van der Waals surface area contributed by atoms with Gasteiger partial charge in [0.1, 0.15) is 24.6 Å². The highest BCUT2D eigenvalue weighted by atomic mass is 32.1. The van der Waals surface area contributed by atoms with Crippen molar-refractivity contribution in [3.05, 3.63) is 24.3 Å². The standard InChI is InChI=1S/C17H26N4O4S/c1-23-14-3-5-15(6-4-14)25-13-16(22)19-20-17(26)18-7-2-8-21-9-11-24-12-10-21/h3-6H,2,7-13H2,1H3,(H,19,22)(H2,18,20,26)/p+1. The lowest BCUT2D eigenvalue weighted by Crippen LogP contribution is -3.14. The smallest absolute Gasteiger partial charge is 0.276 e. The zero-order valence-corrected chi connectivity index (χ0v) is 15.8. The normalized spacial score (nSPS) is 14.3. The maximum Gasteiger partial charge on any atom is 0.276 e. The van der Waals surface area contributed by atoms with Gasteiger partial charge >= 0.3 is 0 Å². The van der Waals surface area contributed by atoms with Crippen LogP contribution in [0.5, 0.6) is 11.5 Å². The molecule has 0 radical (unpaired) electrons. The van der Waals surface area contributed by atoms with Crippen LogP contribution in [0.15, 0.2) is 24.3 Å². The van der Waals surface area contributed by atoms with Crippen molar-refractivity contribution in [2.75, 3.05) is 53.1 Å². The first kappa shape index (κ1) is 20.2. The first-order chi connectivity index (χ1) is 12.7. The molecule has 0 bridgehead atoms. The molecule has 4 N–H and O–H groups in total. The van der Waals surface area contributed by atoms with E-state index in [0.717, 1.165) is 51.6 Å². The molecule has 1 aliphatic heterocycles. The Kier molecular flexibility index (Phi) is 8.94. The summed E-state index contributed by atoms with van der Waals surface area (Å²) in [5, 5.41) is 3.46. The van der Waals surface area contributed by atoms with Crippen molar-refractivity contribution < 1.29 is 23.9 Å². The summed E-state index contributed by atoms with van der Waals surface area (Å²) < 4.78 is 15.8. The van der Waals surface area contributed by atoms with E-state index in [4.69, 9.17) is 26.4 Å². The summed E-state index contributed by atoms with van der Waals surface area (Å²) in [6, 6.07) is 7.01. The quantitative estimate of drug-likeness (QED) is 0.257. The number of hydrogen-bond donors (Lipinski definition) is 4. The van der Waals surface area contributed by atoms with Gasteiger partial charge in [-0.1, -0.05) is 0 Å². The van der Waals surface area contributed by atoms with Crippen LogP contribution in [0.3, 0.4) is 0 Å². The lowest BCUT2D eigenvalue weighted by atomic mass is 10.3. The third-order valence-electron chi connectivity index (χ3n) is 3.94. The number of methoxy groups -OCH3 is 1. The molecule has 144 valence electrons. The zero-order valence-electron chi connectivity index (χ0n) is 15.0. The Morgan fingerprint density at radius 1 is 1.19 bits per heavy atom. The van der Waals surface area contributed by atoms with E-state index >= 15 is 0 Å². The van der Waals surface area contributed by atoms with Crippen molar-refractivity contribution in [3.8, 4) is 11.5 Å². The lowest BCUT2D eigenvalue weighted by molar-refractivity contribution is -0.908. The molecule has 1 aromatic rings. The number of hydrogen-bond acceptors (Lipinski definition) is 5. The maximum absolute atomic E-state index is 11.8. The third-order valence-corrected chi connectivity index (χ3v) is 4.18. The minimum atomic E-state index is -0.317. The van der Waals surface area contributed by atoms with Gasteiger partial charge in [-0.3, -0.25) is 15.6 Å². The first-order valence-electron chi connectivity index (χ1n) is 8.68. The molecule has 26 heavy (non-hydrogen) atoms. The van der Waals surface area contributed by atoms with Gasteiger partial charge in [0.05, 0.1) is 26.9 Å². The second kappa shape index (κ2) is 11.5. The van der Waals surface area contributed by atoms with Crippen LogP contribution in [0.2, 0.25) is 0 Å². The number of thiocarbonyl (C=S) groups is 1. The Morgan fingerprint density at radius 3 is 2.58 bits per heavy atom. The minimum absolute atomic E-state index is 0.109. The Balaban J connectivity index is 1.51. The molecule has 0 aliphatic carbocycles. The third kappa shape index (κ3) is 7.85. The number of morpholine rings is 1. The Labute approximate surface area is 159 Å². The van der Waals surface area contributed by atoms with Crippen LogP contribution in [0.25, 0.3) is 0 Å². The summed E-state index contributed by atoms with van der Waals surface area (Å²) in [6.45, 7) is 5.54. The van der Waals surface area contributed by atoms with Gasteiger partial charge in [0.15, 0.2) is 11.7 Å². The Hall–Kier alpha value is -2.10. The van der Waals surface area contributed by atoms with Gasteiger partial charge in [0, 0.05) is 13.0 Å². The van der Waals surface area contributed by atoms with E-state index < -0.39 is 0 Å². The molecule has 1 fully saturated rings. The van der Waals surface area contributed by atoms with Gasteiger partial charge < -0.3 is 24.4 Å². The SMILES string of the molecule is COc1ccc(OCC(=O)NNC(=S)NCCC[NH+]2CCOCC2)cc1. The molecule has 1 aromatic carbocycles. The summed E-state index contributed by atoms with van der Waals surface area (Å²) in [5.41, 5.74) is 5.17. The van der Waals surface area contributed by atoms with Crippen molar-refractivity contribution in [1.82, 2.24) is 16.2 Å². The van der Waals surface area contributed by atoms with Gasteiger partial charge in [-0.15, -0.1) is 0 Å². The highest BCUT2D eigenvalue weighted by molar-refractivity contribution is 7.80. The fourth-order valence-electron chi connectivity index (χ4n) is 2.48. The number of quaternary nitrogens is 1. The lowest BCUT2D eigenvalue weighted by Gasteiger charge is -2.23. The summed E-state index contributed by atoms with van der Waals surface area (Å²) in [5.74, 6) is 1.00. The molecule has 0 unspecified atom stereocenters. The predicted octanol–water partition coefficient (Wildman–Crippen LogP) is -1.13. The molecular formula is C17H27N4O4S+. The van der Waals surface area contributed by atoms with Crippen LogP contribution >= 0.6 is 12.2 Å². The number of carbonyl (C=O) groups excluding carboxylic acids is 1. The van der Waals surface area contributed by atoms with Crippen molar-refractivity contribution in [3.63, 3.8) is 0 Å². The number of amides is 1. The molecule has 0 aromatic heterocycles. The van der Waals surface area contributed by atoms with Crippen LogP contribution in [-0.4, -0.2) is 64.1 Å². The van der Waals surface area contributed by atoms with E-state index in [2.05, 4.69) is 16.2 Å². The number of benzene rings is 1. The molecule has 0 spiro atoms.